The van der Waals surface area contributed by atoms with Crippen LogP contribution in [0.15, 0.2) is 18.2 Å². The van der Waals surface area contributed by atoms with E-state index in [-0.39, 0.29) is 6.04 Å². The molecular weight excluding hydrogens is 220 g/mol. The van der Waals surface area contributed by atoms with E-state index in [0.29, 0.717) is 11.5 Å². The zero-order valence-electron chi connectivity index (χ0n) is 10.8. The lowest BCUT2D eigenvalue weighted by molar-refractivity contribution is 0.410. The summed E-state index contributed by atoms with van der Waals surface area (Å²) in [5.41, 5.74) is 0.399. The van der Waals surface area contributed by atoms with E-state index in [1.165, 1.54) is 0 Å². The van der Waals surface area contributed by atoms with Crippen LogP contribution in [0.25, 0.3) is 0 Å². The molecule has 0 aromatic heterocycles. The molecule has 96 valence electrons. The zero-order valence-corrected chi connectivity index (χ0v) is 10.8. The van der Waals surface area contributed by atoms with Gasteiger partial charge < -0.3 is 5.32 Å². The fourth-order valence-electron chi connectivity index (χ4n) is 1.89. The fourth-order valence-corrected chi connectivity index (χ4v) is 1.89. The van der Waals surface area contributed by atoms with Gasteiger partial charge in [-0.05, 0) is 25.5 Å². The number of nitrogens with one attached hydrogen (secondary N) is 1. The first kappa shape index (κ1) is 14.1. The number of rotatable bonds is 6. The molecule has 0 saturated carbocycles. The first-order chi connectivity index (χ1) is 8.10. The van der Waals surface area contributed by atoms with Gasteiger partial charge in [0.15, 0.2) is 11.6 Å². The summed E-state index contributed by atoms with van der Waals surface area (Å²) in [6.45, 7) is 6.98. The van der Waals surface area contributed by atoms with Crippen LogP contribution >= 0.6 is 0 Å². The Labute approximate surface area is 102 Å². The number of hydrogen-bond donors (Lipinski definition) is 1. The van der Waals surface area contributed by atoms with E-state index in [1.807, 2.05) is 6.92 Å². The summed E-state index contributed by atoms with van der Waals surface area (Å²) in [5.74, 6) is -0.926. The van der Waals surface area contributed by atoms with Crippen LogP contribution in [-0.4, -0.2) is 6.54 Å². The molecule has 0 fully saturated rings. The van der Waals surface area contributed by atoms with Crippen LogP contribution in [-0.2, 0) is 0 Å². The number of halogens is 2. The van der Waals surface area contributed by atoms with Gasteiger partial charge in [-0.2, -0.15) is 0 Å². The molecule has 0 aliphatic rings. The van der Waals surface area contributed by atoms with Crippen molar-refractivity contribution in [1.29, 1.82) is 0 Å². The molecule has 1 atom stereocenters. The summed E-state index contributed by atoms with van der Waals surface area (Å²) in [4.78, 5) is 0. The lowest BCUT2D eigenvalue weighted by Crippen LogP contribution is -2.26. The largest absolute Gasteiger partial charge is 0.310 e. The third kappa shape index (κ3) is 3.77. The quantitative estimate of drug-likeness (QED) is 0.792. The highest BCUT2D eigenvalue weighted by molar-refractivity contribution is 5.21. The van der Waals surface area contributed by atoms with Crippen molar-refractivity contribution in [3.8, 4) is 0 Å². The first-order valence-corrected chi connectivity index (χ1v) is 6.27. The van der Waals surface area contributed by atoms with Crippen molar-refractivity contribution in [2.45, 2.75) is 39.7 Å². The molecule has 0 aliphatic heterocycles. The molecule has 0 amide bonds. The molecule has 1 aromatic carbocycles. The van der Waals surface area contributed by atoms with Gasteiger partial charge in [-0.15, -0.1) is 0 Å². The van der Waals surface area contributed by atoms with Crippen LogP contribution in [0.5, 0.6) is 0 Å². The van der Waals surface area contributed by atoms with Gasteiger partial charge in [-0.1, -0.05) is 38.8 Å². The molecular formula is C14H21F2N. The molecule has 1 rings (SSSR count). The number of hydrogen-bond acceptors (Lipinski definition) is 1. The van der Waals surface area contributed by atoms with Crippen LogP contribution in [0, 0.1) is 17.6 Å². The van der Waals surface area contributed by atoms with E-state index in [0.717, 1.165) is 25.5 Å². The maximum absolute atomic E-state index is 13.5. The number of benzene rings is 1. The summed E-state index contributed by atoms with van der Waals surface area (Å²) in [7, 11) is 0. The van der Waals surface area contributed by atoms with Crippen LogP contribution in [0.4, 0.5) is 8.78 Å². The molecule has 0 heterocycles. The van der Waals surface area contributed by atoms with E-state index in [1.54, 1.807) is 12.1 Å². The topological polar surface area (TPSA) is 12.0 Å². The average molecular weight is 241 g/mol. The lowest BCUT2D eigenvalue weighted by atomic mass is 10.0. The van der Waals surface area contributed by atoms with Crippen molar-refractivity contribution in [1.82, 2.24) is 5.32 Å². The molecule has 1 N–H and O–H groups in total. The molecule has 1 aromatic rings. The van der Waals surface area contributed by atoms with Gasteiger partial charge in [0, 0.05) is 11.6 Å². The Morgan fingerprint density at radius 2 is 1.82 bits per heavy atom. The Morgan fingerprint density at radius 3 is 2.41 bits per heavy atom. The van der Waals surface area contributed by atoms with Crippen molar-refractivity contribution < 1.29 is 8.78 Å². The Bertz CT molecular complexity index is 348. The smallest absolute Gasteiger partial charge is 0.163 e. The van der Waals surface area contributed by atoms with Gasteiger partial charge >= 0.3 is 0 Å². The van der Waals surface area contributed by atoms with Crippen LogP contribution in [0.1, 0.15) is 45.2 Å². The summed E-state index contributed by atoms with van der Waals surface area (Å²) >= 11 is 0. The summed E-state index contributed by atoms with van der Waals surface area (Å²) in [6, 6.07) is 4.16. The van der Waals surface area contributed by atoms with Gasteiger partial charge in [0.1, 0.15) is 0 Å². The van der Waals surface area contributed by atoms with Crippen molar-refractivity contribution in [2.75, 3.05) is 6.54 Å². The van der Waals surface area contributed by atoms with Crippen LogP contribution in [0.2, 0.25) is 0 Å². The Hall–Kier alpha value is -0.960. The fraction of sp³-hybridized carbons (Fsp3) is 0.571. The maximum Gasteiger partial charge on any atom is 0.163 e. The molecule has 0 spiro atoms. The SMILES string of the molecule is CCC(CC)CNC(C)c1cccc(F)c1F. The second-order valence-corrected chi connectivity index (χ2v) is 4.46. The minimum absolute atomic E-state index is 0.161. The Balaban J connectivity index is 2.63. The van der Waals surface area contributed by atoms with Crippen LogP contribution < -0.4 is 5.32 Å². The Morgan fingerprint density at radius 1 is 1.18 bits per heavy atom. The highest BCUT2D eigenvalue weighted by Crippen LogP contribution is 2.19. The molecule has 1 nitrogen and oxygen atoms in total. The van der Waals surface area contributed by atoms with E-state index >= 15 is 0 Å². The zero-order chi connectivity index (χ0) is 12.8. The summed E-state index contributed by atoms with van der Waals surface area (Å²) in [6.07, 6.45) is 2.20. The normalized spacial score (nSPS) is 13.1. The molecule has 0 saturated heterocycles. The second kappa shape index (κ2) is 6.70. The van der Waals surface area contributed by atoms with E-state index in [9.17, 15) is 8.78 Å². The first-order valence-electron chi connectivity index (χ1n) is 6.27. The van der Waals surface area contributed by atoms with Crippen LogP contribution in [0.3, 0.4) is 0 Å². The van der Waals surface area contributed by atoms with Gasteiger partial charge in [-0.3, -0.25) is 0 Å². The van der Waals surface area contributed by atoms with Gasteiger partial charge in [-0.25, -0.2) is 8.78 Å². The molecule has 0 bridgehead atoms. The molecule has 0 aliphatic carbocycles. The van der Waals surface area contributed by atoms with Crippen molar-refractivity contribution in [3.05, 3.63) is 35.4 Å². The molecule has 17 heavy (non-hydrogen) atoms. The molecule has 3 heteroatoms. The highest BCUT2D eigenvalue weighted by atomic mass is 19.2. The van der Waals surface area contributed by atoms with Gasteiger partial charge in [0.2, 0.25) is 0 Å². The van der Waals surface area contributed by atoms with E-state index < -0.39 is 11.6 Å². The van der Waals surface area contributed by atoms with E-state index in [2.05, 4.69) is 19.2 Å². The minimum atomic E-state index is -0.779. The monoisotopic (exact) mass is 241 g/mol. The van der Waals surface area contributed by atoms with Crippen molar-refractivity contribution in [3.63, 3.8) is 0 Å². The third-order valence-electron chi connectivity index (χ3n) is 3.32. The Kier molecular flexibility index (Phi) is 5.56. The third-order valence-corrected chi connectivity index (χ3v) is 3.32. The standard InChI is InChI=1S/C14H21F2N/c1-4-11(5-2)9-17-10(3)12-7-6-8-13(15)14(12)16/h6-8,10-11,17H,4-5,9H2,1-3H3. The van der Waals surface area contributed by atoms with Gasteiger partial charge in [0.05, 0.1) is 0 Å². The minimum Gasteiger partial charge on any atom is -0.310 e. The van der Waals surface area contributed by atoms with E-state index in [4.69, 9.17) is 0 Å². The lowest BCUT2D eigenvalue weighted by Gasteiger charge is -2.19. The highest BCUT2D eigenvalue weighted by Gasteiger charge is 2.14. The molecule has 1 unspecified atom stereocenters. The van der Waals surface area contributed by atoms with Crippen molar-refractivity contribution in [2.24, 2.45) is 5.92 Å². The maximum atomic E-state index is 13.5. The second-order valence-electron chi connectivity index (χ2n) is 4.46. The molecule has 0 radical (unpaired) electrons. The predicted octanol–water partition coefficient (Wildman–Crippen LogP) is 4.05. The predicted molar refractivity (Wildman–Crippen MR) is 66.8 cm³/mol. The summed E-state index contributed by atoms with van der Waals surface area (Å²) < 4.78 is 26.6. The average Bonchev–Trinajstić information content (AvgIpc) is 2.33. The van der Waals surface area contributed by atoms with Gasteiger partial charge in [0.25, 0.3) is 0 Å². The van der Waals surface area contributed by atoms with Crippen molar-refractivity contribution >= 4 is 0 Å². The summed E-state index contributed by atoms with van der Waals surface area (Å²) in [5, 5.41) is 3.26.